The molecule has 3 heterocycles. The topological polar surface area (TPSA) is 114 Å². The number of anilines is 1. The smallest absolute Gasteiger partial charge is 0.412 e. The van der Waals surface area contributed by atoms with Crippen LogP contribution in [0.15, 0.2) is 36.9 Å². The Bertz CT molecular complexity index is 1060. The molecule has 1 aromatic carbocycles. The molecule has 0 saturated heterocycles. The third-order valence-electron chi connectivity index (χ3n) is 5.18. The number of aliphatic hydroxyl groups is 1. The van der Waals surface area contributed by atoms with Crippen molar-refractivity contribution in [2.75, 3.05) is 11.5 Å². The molecule has 9 nitrogen and oxygen atoms in total. The summed E-state index contributed by atoms with van der Waals surface area (Å²) in [4.78, 5) is 21.8. The number of ether oxygens (including phenoxy) is 1. The minimum Gasteiger partial charge on any atom is -0.465 e. The van der Waals surface area contributed by atoms with Gasteiger partial charge in [0.2, 0.25) is 0 Å². The van der Waals surface area contributed by atoms with Crippen molar-refractivity contribution < 1.29 is 19.7 Å². The first-order valence-corrected chi connectivity index (χ1v) is 9.76. The maximum atomic E-state index is 11.9. The number of aliphatic hydroxyl groups excluding tert-OH is 1. The highest BCUT2D eigenvalue weighted by atomic mass is 16.5. The largest absolute Gasteiger partial charge is 0.465 e. The SMILES string of the molecule is Cc1cnc(Oc2c(-c3cnn(CCO)c3)ccc3c2CC[C@H](C)N3C(=O)O)nc1. The average molecular weight is 409 g/mol. The number of benzene rings is 1. The number of hydrogen-bond donors (Lipinski definition) is 2. The maximum Gasteiger partial charge on any atom is 0.412 e. The van der Waals surface area contributed by atoms with Gasteiger partial charge in [-0.15, -0.1) is 0 Å². The van der Waals surface area contributed by atoms with Crippen molar-refractivity contribution in [3.05, 3.63) is 48.0 Å². The van der Waals surface area contributed by atoms with Gasteiger partial charge >= 0.3 is 12.1 Å². The molecule has 0 saturated carbocycles. The van der Waals surface area contributed by atoms with E-state index in [4.69, 9.17) is 4.74 Å². The molecule has 3 aromatic rings. The van der Waals surface area contributed by atoms with Crippen molar-refractivity contribution in [2.24, 2.45) is 0 Å². The van der Waals surface area contributed by atoms with E-state index in [9.17, 15) is 15.0 Å². The number of aromatic nitrogens is 4. The fourth-order valence-electron chi connectivity index (χ4n) is 3.69. The van der Waals surface area contributed by atoms with E-state index in [-0.39, 0.29) is 18.7 Å². The zero-order valence-corrected chi connectivity index (χ0v) is 16.8. The Labute approximate surface area is 173 Å². The monoisotopic (exact) mass is 409 g/mol. The Morgan fingerprint density at radius 2 is 2.03 bits per heavy atom. The molecular formula is C21H23N5O4. The normalized spacial score (nSPS) is 15.7. The van der Waals surface area contributed by atoms with Crippen LogP contribution >= 0.6 is 0 Å². The summed E-state index contributed by atoms with van der Waals surface area (Å²) in [5, 5.41) is 23.2. The molecule has 1 aliphatic rings. The molecule has 1 aliphatic heterocycles. The van der Waals surface area contributed by atoms with E-state index in [1.165, 1.54) is 4.90 Å². The van der Waals surface area contributed by atoms with E-state index in [0.717, 1.165) is 22.3 Å². The van der Waals surface area contributed by atoms with Gasteiger partial charge in [-0.3, -0.25) is 9.58 Å². The summed E-state index contributed by atoms with van der Waals surface area (Å²) in [6.07, 6.45) is 7.20. The van der Waals surface area contributed by atoms with Crippen molar-refractivity contribution >= 4 is 11.8 Å². The number of aryl methyl sites for hydroxylation is 1. The van der Waals surface area contributed by atoms with Crippen LogP contribution < -0.4 is 9.64 Å². The molecule has 156 valence electrons. The standard InChI is InChI=1S/C21H23N5O4/c1-13-9-22-20(23-10-13)30-19-16(15-11-24-25(12-15)7-8-27)5-6-18-17(19)4-3-14(2)26(18)21(28)29/h5-6,9-12,14,27H,3-4,7-8H2,1-2H3,(H,28,29)/t14-/m0/s1. The third-order valence-corrected chi connectivity index (χ3v) is 5.18. The summed E-state index contributed by atoms with van der Waals surface area (Å²) in [5.41, 5.74) is 3.88. The van der Waals surface area contributed by atoms with E-state index in [0.29, 0.717) is 30.8 Å². The van der Waals surface area contributed by atoms with Gasteiger partial charge in [-0.1, -0.05) is 0 Å². The number of carboxylic acid groups (broad SMARTS) is 1. The Balaban J connectivity index is 1.85. The molecular weight excluding hydrogens is 386 g/mol. The summed E-state index contributed by atoms with van der Waals surface area (Å²) >= 11 is 0. The fraction of sp³-hybridized carbons (Fsp3) is 0.333. The minimum absolute atomic E-state index is 0.0165. The van der Waals surface area contributed by atoms with Crippen LogP contribution in [0.3, 0.4) is 0 Å². The lowest BCUT2D eigenvalue weighted by Gasteiger charge is -2.34. The van der Waals surface area contributed by atoms with Gasteiger partial charge in [0.25, 0.3) is 0 Å². The highest BCUT2D eigenvalue weighted by Crippen LogP contribution is 2.44. The van der Waals surface area contributed by atoms with Gasteiger partial charge < -0.3 is 14.9 Å². The fourth-order valence-corrected chi connectivity index (χ4v) is 3.69. The summed E-state index contributed by atoms with van der Waals surface area (Å²) in [6.45, 7) is 4.15. The molecule has 0 radical (unpaired) electrons. The number of amides is 1. The van der Waals surface area contributed by atoms with Crippen LogP contribution in [-0.4, -0.2) is 48.7 Å². The van der Waals surface area contributed by atoms with Gasteiger partial charge in [0, 0.05) is 41.3 Å². The van der Waals surface area contributed by atoms with Crippen molar-refractivity contribution in [1.29, 1.82) is 0 Å². The lowest BCUT2D eigenvalue weighted by molar-refractivity contribution is 0.198. The van der Waals surface area contributed by atoms with Gasteiger partial charge in [-0.05, 0) is 44.4 Å². The van der Waals surface area contributed by atoms with Gasteiger partial charge in [-0.25, -0.2) is 14.8 Å². The van der Waals surface area contributed by atoms with Gasteiger partial charge in [0.15, 0.2) is 0 Å². The molecule has 1 atom stereocenters. The zero-order chi connectivity index (χ0) is 21.3. The van der Waals surface area contributed by atoms with Gasteiger partial charge in [0.1, 0.15) is 5.75 Å². The predicted molar refractivity (Wildman–Crippen MR) is 110 cm³/mol. The van der Waals surface area contributed by atoms with Crippen molar-refractivity contribution in [3.63, 3.8) is 0 Å². The molecule has 0 aliphatic carbocycles. The molecule has 9 heteroatoms. The highest BCUT2D eigenvalue weighted by Gasteiger charge is 2.32. The quantitative estimate of drug-likeness (QED) is 0.665. The van der Waals surface area contributed by atoms with Crippen LogP contribution in [0.25, 0.3) is 11.1 Å². The van der Waals surface area contributed by atoms with E-state index < -0.39 is 6.09 Å². The molecule has 1 amide bonds. The number of carbonyl (C=O) groups is 1. The van der Waals surface area contributed by atoms with Crippen LogP contribution in [0.5, 0.6) is 11.8 Å². The number of rotatable bonds is 5. The Morgan fingerprint density at radius 1 is 1.27 bits per heavy atom. The molecule has 2 N–H and O–H groups in total. The Morgan fingerprint density at radius 3 is 2.73 bits per heavy atom. The lowest BCUT2D eigenvalue weighted by atomic mass is 9.92. The third kappa shape index (κ3) is 3.71. The summed E-state index contributed by atoms with van der Waals surface area (Å²) < 4.78 is 7.77. The summed E-state index contributed by atoms with van der Waals surface area (Å²) in [5.74, 6) is 0.526. The number of hydrogen-bond acceptors (Lipinski definition) is 6. The van der Waals surface area contributed by atoms with Crippen LogP contribution in [0, 0.1) is 6.92 Å². The molecule has 0 bridgehead atoms. The van der Waals surface area contributed by atoms with Crippen molar-refractivity contribution in [3.8, 4) is 22.9 Å². The molecule has 2 aromatic heterocycles. The second-order valence-electron chi connectivity index (χ2n) is 7.34. The molecule has 30 heavy (non-hydrogen) atoms. The summed E-state index contributed by atoms with van der Waals surface area (Å²) in [7, 11) is 0. The second-order valence-corrected chi connectivity index (χ2v) is 7.34. The second kappa shape index (κ2) is 8.11. The van der Waals surface area contributed by atoms with E-state index in [1.54, 1.807) is 29.3 Å². The van der Waals surface area contributed by atoms with Gasteiger partial charge in [-0.2, -0.15) is 5.10 Å². The lowest BCUT2D eigenvalue weighted by Crippen LogP contribution is -2.41. The van der Waals surface area contributed by atoms with Crippen LogP contribution in [0.2, 0.25) is 0 Å². The van der Waals surface area contributed by atoms with E-state index in [2.05, 4.69) is 15.1 Å². The first-order valence-electron chi connectivity index (χ1n) is 9.76. The van der Waals surface area contributed by atoms with Gasteiger partial charge in [0.05, 0.1) is 25.0 Å². The first kappa shape index (κ1) is 19.8. The van der Waals surface area contributed by atoms with Crippen molar-refractivity contribution in [2.45, 2.75) is 39.3 Å². The molecule has 0 unspecified atom stereocenters. The minimum atomic E-state index is -0.996. The Hall–Kier alpha value is -3.46. The van der Waals surface area contributed by atoms with Crippen LogP contribution in [0.1, 0.15) is 24.5 Å². The molecule has 0 spiro atoms. The first-order chi connectivity index (χ1) is 14.5. The van der Waals surface area contributed by atoms with Crippen molar-refractivity contribution in [1.82, 2.24) is 19.7 Å². The van der Waals surface area contributed by atoms with E-state index in [1.807, 2.05) is 26.1 Å². The molecule has 0 fully saturated rings. The summed E-state index contributed by atoms with van der Waals surface area (Å²) in [6, 6.07) is 3.70. The highest BCUT2D eigenvalue weighted by molar-refractivity contribution is 5.91. The average Bonchev–Trinajstić information content (AvgIpc) is 3.18. The van der Waals surface area contributed by atoms with Crippen LogP contribution in [-0.2, 0) is 13.0 Å². The van der Waals surface area contributed by atoms with Crippen LogP contribution in [0.4, 0.5) is 10.5 Å². The zero-order valence-electron chi connectivity index (χ0n) is 16.8. The van der Waals surface area contributed by atoms with E-state index >= 15 is 0 Å². The maximum absolute atomic E-state index is 11.9. The Kier molecular flexibility index (Phi) is 5.37. The molecule has 4 rings (SSSR count). The predicted octanol–water partition coefficient (Wildman–Crippen LogP) is 3.25. The number of nitrogens with zero attached hydrogens (tertiary/aromatic N) is 5. The number of fused-ring (bicyclic) bond motifs is 1.